The number of thioether (sulfide) groups is 1. The first kappa shape index (κ1) is 46.1. The Morgan fingerprint density at radius 2 is 0.951 bits per heavy atom. The van der Waals surface area contributed by atoms with E-state index >= 15 is 0 Å². The maximum absolute atomic E-state index is 7.28. The van der Waals surface area contributed by atoms with E-state index in [0.717, 1.165) is 90.1 Å². The second-order valence-corrected chi connectivity index (χ2v) is 22.7. The summed E-state index contributed by atoms with van der Waals surface area (Å²) in [6.07, 6.45) is 5.33. The minimum Gasteiger partial charge on any atom is -0.458 e. The lowest BCUT2D eigenvalue weighted by molar-refractivity contribution is 0.487. The van der Waals surface area contributed by atoms with Crippen LogP contribution in [0.2, 0.25) is 5.82 Å². The Morgan fingerprint density at radius 1 is 0.407 bits per heavy atom. The molecule has 11 aromatic carbocycles. The van der Waals surface area contributed by atoms with Crippen LogP contribution in [-0.2, 0) is 0 Å². The van der Waals surface area contributed by atoms with E-state index in [4.69, 9.17) is 9.15 Å². The summed E-state index contributed by atoms with van der Waals surface area (Å²) >= 11 is 2.01. The molecule has 0 fully saturated rings. The molecule has 1 aliphatic carbocycles. The van der Waals surface area contributed by atoms with Crippen LogP contribution < -0.4 is 46.2 Å². The molecule has 6 nitrogen and oxygen atoms in total. The molecule has 0 saturated carbocycles. The molecule has 0 spiro atoms. The lowest BCUT2D eigenvalue weighted by Gasteiger charge is -2.49. The number of hydrogen-bond donors (Lipinski definition) is 0. The molecule has 0 amide bonds. The Balaban J connectivity index is 0.945. The van der Waals surface area contributed by atoms with Crippen molar-refractivity contribution in [1.29, 1.82) is 0 Å². The number of fused-ring (bicyclic) bond motifs is 11. The Kier molecular flexibility index (Phi) is 10.5. The van der Waals surface area contributed by atoms with Crippen molar-refractivity contribution in [3.05, 3.63) is 290 Å². The standard InChI is InChI=1S/C72H48B2N4O2S/c1-6-23-47(24-7-1)75(48-25-8-2-9-26-48)52-41-62-71-67(43-52)80-65-39-21-18-35-56(65)74(71)57-45-58-68(46-61(57)78(62)60-37-22-40-66-70(60)54-33-16-20-38-64(54)79-66)81-69-44-53(76(49-27-10-3-11-28-49)50-29-12-4-13-30-50)42-63-72(69)73(58)55-34-17-19-36-59(55)77(63)51-31-14-5-15-32-51/h1-46,58,68H. The zero-order valence-corrected chi connectivity index (χ0v) is 44.7. The third-order valence-electron chi connectivity index (χ3n) is 17.0. The Hall–Kier alpha value is -9.82. The van der Waals surface area contributed by atoms with Crippen LogP contribution in [-0.4, -0.2) is 18.7 Å². The normalized spacial score (nSPS) is 16.0. The molecular formula is C72H48B2N4O2S. The van der Waals surface area contributed by atoms with Gasteiger partial charge in [0.05, 0.1) is 16.8 Å². The highest BCUT2D eigenvalue weighted by atomic mass is 32.2. The number of hydrogen-bond acceptors (Lipinski definition) is 7. The predicted octanol–water partition coefficient (Wildman–Crippen LogP) is 16.7. The molecular weight excluding hydrogens is 1010 g/mol. The van der Waals surface area contributed by atoms with Gasteiger partial charge in [0, 0.05) is 78.5 Å². The van der Waals surface area contributed by atoms with Gasteiger partial charge in [-0.1, -0.05) is 158 Å². The summed E-state index contributed by atoms with van der Waals surface area (Å²) in [6, 6.07) is 96.5. The zero-order chi connectivity index (χ0) is 53.1. The topological polar surface area (TPSA) is 35.3 Å². The van der Waals surface area contributed by atoms with E-state index in [2.05, 4.69) is 299 Å². The highest BCUT2D eigenvalue weighted by molar-refractivity contribution is 8.00. The zero-order valence-electron chi connectivity index (χ0n) is 43.9. The van der Waals surface area contributed by atoms with Crippen LogP contribution in [0.4, 0.5) is 62.6 Å². The number of para-hydroxylation sites is 8. The van der Waals surface area contributed by atoms with E-state index in [1.807, 2.05) is 11.8 Å². The van der Waals surface area contributed by atoms with Crippen molar-refractivity contribution >= 4 is 132 Å². The van der Waals surface area contributed by atoms with Gasteiger partial charge < -0.3 is 28.8 Å². The maximum Gasteiger partial charge on any atom is 0.255 e. The molecule has 12 aromatic rings. The average molecular weight is 1050 g/mol. The fourth-order valence-corrected chi connectivity index (χ4v) is 15.2. The molecule has 2 atom stereocenters. The molecule has 380 valence electrons. The molecule has 0 bridgehead atoms. The van der Waals surface area contributed by atoms with Gasteiger partial charge in [-0.3, -0.25) is 0 Å². The minimum atomic E-state index is -0.127. The lowest BCUT2D eigenvalue weighted by Crippen LogP contribution is -2.59. The molecule has 17 rings (SSSR count). The number of benzene rings is 11. The summed E-state index contributed by atoms with van der Waals surface area (Å²) in [5, 5.41) is 2.19. The van der Waals surface area contributed by atoms with Gasteiger partial charge >= 0.3 is 0 Å². The van der Waals surface area contributed by atoms with Crippen molar-refractivity contribution in [3.8, 4) is 11.5 Å². The smallest absolute Gasteiger partial charge is 0.255 e. The number of ether oxygens (including phenoxy) is 1. The molecule has 0 N–H and O–H groups in total. The lowest BCUT2D eigenvalue weighted by atomic mass is 9.28. The minimum absolute atomic E-state index is 0.0369. The Bertz CT molecular complexity index is 4460. The molecule has 5 aliphatic rings. The van der Waals surface area contributed by atoms with Gasteiger partial charge in [0.1, 0.15) is 22.7 Å². The summed E-state index contributed by atoms with van der Waals surface area (Å²) in [7, 11) is 0. The van der Waals surface area contributed by atoms with Crippen molar-refractivity contribution in [3.63, 3.8) is 0 Å². The van der Waals surface area contributed by atoms with E-state index in [1.165, 1.54) is 43.8 Å². The summed E-state index contributed by atoms with van der Waals surface area (Å²) in [5.74, 6) is 1.81. The van der Waals surface area contributed by atoms with E-state index in [9.17, 15) is 0 Å². The maximum atomic E-state index is 7.28. The summed E-state index contributed by atoms with van der Waals surface area (Å²) in [5.41, 5.74) is 21.3. The summed E-state index contributed by atoms with van der Waals surface area (Å²) in [4.78, 5) is 11.1. The average Bonchev–Trinajstić information content (AvgIpc) is 3.46. The number of allylic oxidation sites excluding steroid dienone is 2. The molecule has 0 saturated heterocycles. The van der Waals surface area contributed by atoms with Crippen molar-refractivity contribution < 1.29 is 9.15 Å². The van der Waals surface area contributed by atoms with Gasteiger partial charge in [-0.25, -0.2) is 0 Å². The predicted molar refractivity (Wildman–Crippen MR) is 339 cm³/mol. The van der Waals surface area contributed by atoms with E-state index in [0.29, 0.717) is 0 Å². The molecule has 4 aliphatic heterocycles. The number of furan rings is 1. The van der Waals surface area contributed by atoms with Crippen LogP contribution in [0.15, 0.2) is 300 Å². The van der Waals surface area contributed by atoms with Gasteiger partial charge in [-0.2, -0.15) is 0 Å². The third kappa shape index (κ3) is 7.18. The van der Waals surface area contributed by atoms with Gasteiger partial charge in [0.2, 0.25) is 6.71 Å². The Morgan fingerprint density at radius 3 is 1.63 bits per heavy atom. The monoisotopic (exact) mass is 1050 g/mol. The van der Waals surface area contributed by atoms with E-state index < -0.39 is 0 Å². The second kappa shape index (κ2) is 18.4. The van der Waals surface area contributed by atoms with Gasteiger partial charge in [-0.15, -0.1) is 11.8 Å². The first-order valence-electron chi connectivity index (χ1n) is 27.9. The van der Waals surface area contributed by atoms with Crippen LogP contribution in [0.1, 0.15) is 0 Å². The van der Waals surface area contributed by atoms with Gasteiger partial charge in [0.15, 0.2) is 0 Å². The quantitative estimate of drug-likeness (QED) is 0.140. The van der Waals surface area contributed by atoms with Crippen molar-refractivity contribution in [2.75, 3.05) is 19.6 Å². The van der Waals surface area contributed by atoms with Gasteiger partial charge in [-0.05, 0) is 148 Å². The van der Waals surface area contributed by atoms with Crippen molar-refractivity contribution in [2.45, 2.75) is 16.0 Å². The van der Waals surface area contributed by atoms with E-state index in [1.54, 1.807) is 0 Å². The molecule has 2 unspecified atom stereocenters. The molecule has 9 heteroatoms. The Labute approximate surface area is 475 Å². The molecule has 1 aromatic heterocycles. The van der Waals surface area contributed by atoms with Crippen LogP contribution in [0.25, 0.3) is 21.9 Å². The van der Waals surface area contributed by atoms with E-state index in [-0.39, 0.29) is 24.5 Å². The summed E-state index contributed by atoms with van der Waals surface area (Å²) < 4.78 is 14.0. The van der Waals surface area contributed by atoms with Crippen LogP contribution in [0.3, 0.4) is 0 Å². The number of anilines is 11. The summed E-state index contributed by atoms with van der Waals surface area (Å²) in [6.45, 7) is -0.0881. The largest absolute Gasteiger partial charge is 0.458 e. The fraction of sp³-hybridized carbons (Fsp3) is 0.0278. The number of nitrogens with zero attached hydrogens (tertiary/aromatic N) is 4. The molecule has 0 radical (unpaired) electrons. The van der Waals surface area contributed by atoms with Crippen molar-refractivity contribution in [1.82, 2.24) is 0 Å². The SMILES string of the molecule is C1=C2B3c4ccccc4Oc4cc(N(c5ccccc5)c5ccccc5)cc(c43)N(c3cccc4oc5ccccc5c34)C2=CC2Sc3cc(N(c4ccccc4)c4ccccc4)cc4c3B(c3ccccc3N4c3ccccc3)C12. The molecule has 5 heterocycles. The number of rotatable bonds is 8. The first-order valence-corrected chi connectivity index (χ1v) is 28.8. The van der Waals surface area contributed by atoms with Gasteiger partial charge in [0.25, 0.3) is 6.71 Å². The third-order valence-corrected chi connectivity index (χ3v) is 18.3. The fourth-order valence-electron chi connectivity index (χ4n) is 13.8. The van der Waals surface area contributed by atoms with Crippen molar-refractivity contribution in [2.24, 2.45) is 0 Å². The second-order valence-electron chi connectivity index (χ2n) is 21.5. The van der Waals surface area contributed by atoms with Crippen LogP contribution in [0.5, 0.6) is 11.5 Å². The van der Waals surface area contributed by atoms with Crippen LogP contribution >= 0.6 is 11.8 Å². The first-order chi connectivity index (χ1) is 40.2. The highest BCUT2D eigenvalue weighted by Gasteiger charge is 2.52. The highest BCUT2D eigenvalue weighted by Crippen LogP contribution is 2.56. The molecule has 81 heavy (non-hydrogen) atoms. The van der Waals surface area contributed by atoms with Crippen LogP contribution in [0, 0.1) is 0 Å².